The van der Waals surface area contributed by atoms with Crippen LogP contribution >= 0.6 is 0 Å². The van der Waals surface area contributed by atoms with Crippen LogP contribution in [0, 0.1) is 0 Å². The Hall–Kier alpha value is -2.49. The summed E-state index contributed by atoms with van der Waals surface area (Å²) in [5.74, 6) is -0.384. The number of rotatable bonds is 1. The number of pyridine rings is 2. The molecule has 0 bridgehead atoms. The van der Waals surface area contributed by atoms with Crippen LogP contribution in [-0.2, 0) is 4.74 Å². The molecule has 2 aromatic heterocycles. The molecule has 3 aromatic rings. The van der Waals surface area contributed by atoms with Gasteiger partial charge in [0.2, 0.25) is 0 Å². The molecule has 0 N–H and O–H groups in total. The smallest absolute Gasteiger partial charge is 0.339 e. The second-order valence-electron chi connectivity index (χ2n) is 3.93. The van der Waals surface area contributed by atoms with Crippen molar-refractivity contribution in [2.75, 3.05) is 7.11 Å². The van der Waals surface area contributed by atoms with E-state index in [0.717, 1.165) is 21.8 Å². The molecule has 0 spiro atoms. The third-order valence-corrected chi connectivity index (χ3v) is 2.84. The minimum atomic E-state index is -0.384. The zero-order chi connectivity index (χ0) is 12.5. The highest BCUT2D eigenvalue weighted by Crippen LogP contribution is 2.22. The molecule has 0 fully saturated rings. The Balaban J connectivity index is 2.31. The summed E-state index contributed by atoms with van der Waals surface area (Å²) in [7, 11) is 1.36. The summed E-state index contributed by atoms with van der Waals surface area (Å²) >= 11 is 0. The summed E-state index contributed by atoms with van der Waals surface area (Å²) in [6.07, 6.45) is 3.25. The Morgan fingerprint density at radius 3 is 2.72 bits per heavy atom. The first-order valence-corrected chi connectivity index (χ1v) is 5.51. The highest BCUT2D eigenvalue weighted by molar-refractivity contribution is 6.04. The first-order valence-electron chi connectivity index (χ1n) is 5.51. The lowest BCUT2D eigenvalue weighted by Gasteiger charge is -2.04. The maximum absolute atomic E-state index is 11.4. The number of fused-ring (bicyclic) bond motifs is 3. The molecule has 0 saturated heterocycles. The van der Waals surface area contributed by atoms with Crippen LogP contribution in [0.4, 0.5) is 0 Å². The van der Waals surface area contributed by atoms with E-state index in [1.54, 1.807) is 12.3 Å². The fourth-order valence-electron chi connectivity index (χ4n) is 1.97. The monoisotopic (exact) mass is 238 g/mol. The average Bonchev–Trinajstić information content (AvgIpc) is 2.45. The van der Waals surface area contributed by atoms with E-state index in [4.69, 9.17) is 0 Å². The van der Waals surface area contributed by atoms with Gasteiger partial charge in [-0.2, -0.15) is 0 Å². The lowest BCUT2D eigenvalue weighted by Crippen LogP contribution is -2.01. The van der Waals surface area contributed by atoms with Crippen molar-refractivity contribution in [2.45, 2.75) is 0 Å². The zero-order valence-electron chi connectivity index (χ0n) is 9.75. The predicted octanol–water partition coefficient (Wildman–Crippen LogP) is 2.57. The van der Waals surface area contributed by atoms with Crippen molar-refractivity contribution in [3.8, 4) is 0 Å². The maximum Gasteiger partial charge on any atom is 0.339 e. The van der Waals surface area contributed by atoms with Gasteiger partial charge in [-0.25, -0.2) is 4.79 Å². The molecule has 4 nitrogen and oxygen atoms in total. The normalized spacial score (nSPS) is 10.7. The van der Waals surface area contributed by atoms with Gasteiger partial charge in [0.05, 0.1) is 23.7 Å². The van der Waals surface area contributed by atoms with Crippen LogP contribution in [0.3, 0.4) is 0 Å². The van der Waals surface area contributed by atoms with E-state index in [9.17, 15) is 4.79 Å². The summed E-state index contributed by atoms with van der Waals surface area (Å²) in [5.41, 5.74) is 2.08. The van der Waals surface area contributed by atoms with Crippen LogP contribution in [-0.4, -0.2) is 23.0 Å². The van der Waals surface area contributed by atoms with Gasteiger partial charge < -0.3 is 4.74 Å². The van der Waals surface area contributed by atoms with Crippen molar-refractivity contribution in [3.63, 3.8) is 0 Å². The van der Waals surface area contributed by atoms with Crippen LogP contribution < -0.4 is 0 Å². The second kappa shape index (κ2) is 4.07. The number of hydrogen-bond donors (Lipinski definition) is 0. The third kappa shape index (κ3) is 1.59. The van der Waals surface area contributed by atoms with Gasteiger partial charge in [-0.3, -0.25) is 9.97 Å². The van der Waals surface area contributed by atoms with Gasteiger partial charge in [-0.15, -0.1) is 0 Å². The molecule has 88 valence electrons. The number of ether oxygens (including phenoxy) is 1. The first kappa shape index (κ1) is 10.7. The van der Waals surface area contributed by atoms with E-state index >= 15 is 0 Å². The molecule has 0 unspecified atom stereocenters. The molecule has 0 radical (unpaired) electrons. The van der Waals surface area contributed by atoms with E-state index in [-0.39, 0.29) is 5.97 Å². The second-order valence-corrected chi connectivity index (χ2v) is 3.93. The Morgan fingerprint density at radius 1 is 1.11 bits per heavy atom. The van der Waals surface area contributed by atoms with Gasteiger partial charge in [-0.1, -0.05) is 18.2 Å². The van der Waals surface area contributed by atoms with E-state index in [1.165, 1.54) is 13.3 Å². The number of methoxy groups -OCH3 is 1. The van der Waals surface area contributed by atoms with Crippen LogP contribution in [0.1, 0.15) is 10.4 Å². The molecule has 0 aliphatic rings. The van der Waals surface area contributed by atoms with Crippen molar-refractivity contribution < 1.29 is 9.53 Å². The van der Waals surface area contributed by atoms with Gasteiger partial charge in [-0.05, 0) is 12.1 Å². The van der Waals surface area contributed by atoms with Gasteiger partial charge in [0.1, 0.15) is 0 Å². The van der Waals surface area contributed by atoms with Crippen molar-refractivity contribution in [2.24, 2.45) is 0 Å². The number of hydrogen-bond acceptors (Lipinski definition) is 4. The highest BCUT2D eigenvalue weighted by Gasteiger charge is 2.08. The number of carbonyl (C=O) groups excluding carboxylic acids is 1. The molecular weight excluding hydrogens is 228 g/mol. The van der Waals surface area contributed by atoms with E-state index in [1.807, 2.05) is 24.3 Å². The molecule has 1 aromatic carbocycles. The van der Waals surface area contributed by atoms with Crippen LogP contribution in [0.5, 0.6) is 0 Å². The number of benzene rings is 1. The SMILES string of the molecule is COC(=O)c1cnc2c(ccc3cccnc32)c1. The lowest BCUT2D eigenvalue weighted by atomic mass is 10.1. The molecule has 0 aliphatic carbocycles. The van der Waals surface area contributed by atoms with Gasteiger partial charge in [0, 0.05) is 23.2 Å². The largest absolute Gasteiger partial charge is 0.465 e. The molecule has 0 amide bonds. The summed E-state index contributed by atoms with van der Waals surface area (Å²) in [4.78, 5) is 20.1. The van der Waals surface area contributed by atoms with Gasteiger partial charge in [0.25, 0.3) is 0 Å². The average molecular weight is 238 g/mol. The van der Waals surface area contributed by atoms with E-state index < -0.39 is 0 Å². The molecule has 18 heavy (non-hydrogen) atoms. The Morgan fingerprint density at radius 2 is 1.89 bits per heavy atom. The van der Waals surface area contributed by atoms with Crippen molar-refractivity contribution >= 4 is 27.8 Å². The Labute approximate surface area is 103 Å². The zero-order valence-corrected chi connectivity index (χ0v) is 9.75. The highest BCUT2D eigenvalue weighted by atomic mass is 16.5. The standard InChI is InChI=1S/C14H10N2O2/c1-18-14(17)11-7-10-5-4-9-3-2-6-15-12(9)13(10)16-8-11/h2-8H,1H3. The summed E-state index contributed by atoms with van der Waals surface area (Å²) in [5, 5.41) is 1.91. The van der Waals surface area contributed by atoms with E-state index in [0.29, 0.717) is 5.56 Å². The van der Waals surface area contributed by atoms with Crippen LogP contribution in [0.15, 0.2) is 42.7 Å². The van der Waals surface area contributed by atoms with E-state index in [2.05, 4.69) is 14.7 Å². The Kier molecular flexibility index (Phi) is 2.41. The minimum Gasteiger partial charge on any atom is -0.465 e. The molecule has 0 saturated carbocycles. The van der Waals surface area contributed by atoms with Gasteiger partial charge in [0.15, 0.2) is 0 Å². The molecule has 0 atom stereocenters. The van der Waals surface area contributed by atoms with Crippen molar-refractivity contribution in [1.82, 2.24) is 9.97 Å². The number of carbonyl (C=O) groups is 1. The quantitative estimate of drug-likeness (QED) is 0.483. The molecule has 2 heterocycles. The predicted molar refractivity (Wildman–Crippen MR) is 68.4 cm³/mol. The Bertz CT molecular complexity index is 753. The maximum atomic E-state index is 11.4. The fourth-order valence-corrected chi connectivity index (χ4v) is 1.97. The third-order valence-electron chi connectivity index (χ3n) is 2.84. The minimum absolute atomic E-state index is 0.384. The molecular formula is C14H10N2O2. The lowest BCUT2D eigenvalue weighted by molar-refractivity contribution is 0.0600. The number of esters is 1. The van der Waals surface area contributed by atoms with Crippen molar-refractivity contribution in [3.05, 3.63) is 48.3 Å². The van der Waals surface area contributed by atoms with Crippen LogP contribution in [0.2, 0.25) is 0 Å². The number of aromatic nitrogens is 2. The van der Waals surface area contributed by atoms with Gasteiger partial charge >= 0.3 is 5.97 Å². The molecule has 4 heteroatoms. The summed E-state index contributed by atoms with van der Waals surface area (Å²) in [6.45, 7) is 0. The summed E-state index contributed by atoms with van der Waals surface area (Å²) in [6, 6.07) is 9.53. The summed E-state index contributed by atoms with van der Waals surface area (Å²) < 4.78 is 4.68. The topological polar surface area (TPSA) is 52.1 Å². The number of nitrogens with zero attached hydrogens (tertiary/aromatic N) is 2. The van der Waals surface area contributed by atoms with Crippen molar-refractivity contribution in [1.29, 1.82) is 0 Å². The fraction of sp³-hybridized carbons (Fsp3) is 0.0714. The first-order chi connectivity index (χ1) is 8.79. The van der Waals surface area contributed by atoms with Crippen LogP contribution in [0.25, 0.3) is 21.8 Å². The molecule has 0 aliphatic heterocycles. The molecule has 3 rings (SSSR count).